The molecule has 0 bridgehead atoms. The Hall–Kier alpha value is -2.88. The first-order chi connectivity index (χ1) is 13.6. The van der Waals surface area contributed by atoms with E-state index in [1.54, 1.807) is 23.0 Å². The lowest BCUT2D eigenvalue weighted by molar-refractivity contribution is 0.468. The summed E-state index contributed by atoms with van der Waals surface area (Å²) in [7, 11) is -3.09. The molecule has 0 amide bonds. The fourth-order valence-electron chi connectivity index (χ4n) is 2.78. The SMILES string of the molecule is CC(=NNP1(=O)C=C(c2ccccc2)OC(c2ccccc2)=C1)c1cccs1. The van der Waals surface area contributed by atoms with Crippen molar-refractivity contribution in [2.24, 2.45) is 5.10 Å². The highest BCUT2D eigenvalue weighted by Crippen LogP contribution is 2.53. The Morgan fingerprint density at radius 2 is 1.46 bits per heavy atom. The number of rotatable bonds is 5. The van der Waals surface area contributed by atoms with E-state index in [1.165, 1.54) is 0 Å². The largest absolute Gasteiger partial charge is 0.456 e. The number of thiophene rings is 1. The van der Waals surface area contributed by atoms with Gasteiger partial charge in [0.05, 0.1) is 5.71 Å². The minimum Gasteiger partial charge on any atom is -0.456 e. The van der Waals surface area contributed by atoms with E-state index in [2.05, 4.69) is 10.3 Å². The van der Waals surface area contributed by atoms with E-state index in [-0.39, 0.29) is 0 Å². The van der Waals surface area contributed by atoms with Gasteiger partial charge in [-0.1, -0.05) is 66.7 Å². The van der Waals surface area contributed by atoms with Crippen LogP contribution in [-0.4, -0.2) is 5.71 Å². The number of ether oxygens (including phenoxy) is 1. The van der Waals surface area contributed by atoms with Gasteiger partial charge in [-0.05, 0) is 18.4 Å². The molecule has 0 spiro atoms. The molecule has 140 valence electrons. The van der Waals surface area contributed by atoms with Gasteiger partial charge < -0.3 is 4.74 Å². The van der Waals surface area contributed by atoms with Crippen molar-refractivity contribution in [1.82, 2.24) is 5.20 Å². The van der Waals surface area contributed by atoms with Crippen LogP contribution >= 0.6 is 18.6 Å². The minimum absolute atomic E-state index is 0.557. The van der Waals surface area contributed by atoms with Gasteiger partial charge >= 0.3 is 0 Å². The highest BCUT2D eigenvalue weighted by Gasteiger charge is 2.26. The molecule has 4 rings (SSSR count). The standard InChI is InChI=1S/C22H19N2O2PS/c1-17(22-13-8-14-28-22)23-24-27(25)15-20(18-9-4-2-5-10-18)26-21(16-27)19-11-6-3-7-12-19/h2-16H,1H3,(H,24,25). The molecule has 2 aromatic carbocycles. The van der Waals surface area contributed by atoms with Gasteiger partial charge in [-0.2, -0.15) is 5.10 Å². The normalized spacial score (nSPS) is 16.0. The van der Waals surface area contributed by atoms with Crippen molar-refractivity contribution in [1.29, 1.82) is 0 Å². The third kappa shape index (κ3) is 4.16. The third-order valence-electron chi connectivity index (χ3n) is 4.21. The van der Waals surface area contributed by atoms with Gasteiger partial charge in [-0.25, -0.2) is 0 Å². The summed E-state index contributed by atoms with van der Waals surface area (Å²) in [5.74, 6) is 4.39. The molecule has 0 fully saturated rings. The van der Waals surface area contributed by atoms with Crippen LogP contribution in [0.4, 0.5) is 0 Å². The fourth-order valence-corrected chi connectivity index (χ4v) is 5.05. The summed E-state index contributed by atoms with van der Waals surface area (Å²) in [5, 5.41) is 9.28. The zero-order valence-corrected chi connectivity index (χ0v) is 17.0. The van der Waals surface area contributed by atoms with Crippen molar-refractivity contribution < 1.29 is 9.30 Å². The Balaban J connectivity index is 1.72. The van der Waals surface area contributed by atoms with Crippen molar-refractivity contribution in [3.05, 3.63) is 106 Å². The molecule has 2 heterocycles. The highest BCUT2D eigenvalue weighted by atomic mass is 32.1. The second kappa shape index (κ2) is 8.01. The summed E-state index contributed by atoms with van der Waals surface area (Å²) in [4.78, 5) is 1.03. The number of hydrogen-bond donors (Lipinski definition) is 1. The molecule has 0 saturated carbocycles. The molecule has 6 heteroatoms. The average Bonchev–Trinajstić information content (AvgIpc) is 3.28. The number of benzene rings is 2. The molecule has 0 unspecified atom stereocenters. The van der Waals surface area contributed by atoms with Gasteiger partial charge in [0.25, 0.3) is 0 Å². The lowest BCUT2D eigenvalue weighted by Crippen LogP contribution is -2.08. The molecule has 0 aliphatic carbocycles. The molecule has 1 aromatic heterocycles. The summed E-state index contributed by atoms with van der Waals surface area (Å²) < 4.78 is 19.7. The maximum Gasteiger partial charge on any atom is 0.235 e. The monoisotopic (exact) mass is 406 g/mol. The summed E-state index contributed by atoms with van der Waals surface area (Å²) >= 11 is 1.60. The Morgan fingerprint density at radius 1 is 0.893 bits per heavy atom. The molecule has 1 N–H and O–H groups in total. The van der Waals surface area contributed by atoms with Crippen LogP contribution in [0.15, 0.2) is 94.9 Å². The van der Waals surface area contributed by atoms with E-state index >= 15 is 0 Å². The van der Waals surface area contributed by atoms with Gasteiger partial charge in [0.15, 0.2) is 0 Å². The maximum absolute atomic E-state index is 13.6. The van der Waals surface area contributed by atoms with E-state index in [0.29, 0.717) is 11.5 Å². The molecule has 0 saturated heterocycles. The first kappa shape index (κ1) is 18.5. The van der Waals surface area contributed by atoms with Crippen molar-refractivity contribution in [2.75, 3.05) is 0 Å². The Kier molecular flexibility index (Phi) is 5.29. The zero-order valence-electron chi connectivity index (χ0n) is 15.3. The van der Waals surface area contributed by atoms with Crippen LogP contribution in [0.25, 0.3) is 11.5 Å². The molecule has 28 heavy (non-hydrogen) atoms. The Morgan fingerprint density at radius 3 is 1.96 bits per heavy atom. The second-order valence-corrected chi connectivity index (χ2v) is 9.39. The number of nitrogens with one attached hydrogen (secondary N) is 1. The van der Waals surface area contributed by atoms with Crippen LogP contribution in [0.3, 0.4) is 0 Å². The van der Waals surface area contributed by atoms with Gasteiger partial charge in [0.1, 0.15) is 11.5 Å². The van der Waals surface area contributed by atoms with Crippen LogP contribution in [0.1, 0.15) is 22.9 Å². The third-order valence-corrected chi connectivity index (χ3v) is 6.83. The van der Waals surface area contributed by atoms with Crippen LogP contribution < -0.4 is 5.20 Å². The smallest absolute Gasteiger partial charge is 0.235 e. The summed E-state index contributed by atoms with van der Waals surface area (Å²) in [6, 6.07) is 23.3. The zero-order chi connectivity index (χ0) is 19.4. The predicted molar refractivity (Wildman–Crippen MR) is 117 cm³/mol. The number of nitrogens with zero attached hydrogens (tertiary/aromatic N) is 1. The van der Waals surface area contributed by atoms with E-state index in [1.807, 2.05) is 85.1 Å². The molecular formula is C22H19N2O2PS. The van der Waals surface area contributed by atoms with E-state index in [0.717, 1.165) is 21.7 Å². The lowest BCUT2D eigenvalue weighted by Gasteiger charge is -2.22. The molecule has 1 aliphatic rings. The van der Waals surface area contributed by atoms with Crippen LogP contribution in [0.5, 0.6) is 0 Å². The number of hydrogen-bond acceptors (Lipinski definition) is 4. The van der Waals surface area contributed by atoms with E-state index in [4.69, 9.17) is 4.74 Å². The average molecular weight is 406 g/mol. The summed E-state index contributed by atoms with van der Waals surface area (Å²) in [6.07, 6.45) is 0. The van der Waals surface area contributed by atoms with E-state index in [9.17, 15) is 4.57 Å². The lowest BCUT2D eigenvalue weighted by atomic mass is 10.2. The molecule has 0 atom stereocenters. The Labute approximate surface area is 168 Å². The first-order valence-electron chi connectivity index (χ1n) is 8.82. The van der Waals surface area contributed by atoms with Gasteiger partial charge in [-0.15, -0.1) is 11.3 Å². The van der Waals surface area contributed by atoms with Crippen LogP contribution in [-0.2, 0) is 9.30 Å². The second-order valence-electron chi connectivity index (χ2n) is 6.30. The van der Waals surface area contributed by atoms with E-state index < -0.39 is 7.29 Å². The highest BCUT2D eigenvalue weighted by molar-refractivity contribution is 7.68. The molecule has 0 radical (unpaired) electrons. The molecule has 4 nitrogen and oxygen atoms in total. The first-order valence-corrected chi connectivity index (χ1v) is 11.5. The van der Waals surface area contributed by atoms with Crippen molar-refractivity contribution >= 4 is 35.9 Å². The van der Waals surface area contributed by atoms with Crippen molar-refractivity contribution in [3.63, 3.8) is 0 Å². The number of hydrazone groups is 1. The van der Waals surface area contributed by atoms with Crippen LogP contribution in [0, 0.1) is 0 Å². The predicted octanol–water partition coefficient (Wildman–Crippen LogP) is 6.37. The van der Waals surface area contributed by atoms with Gasteiger partial charge in [-0.3, -0.25) is 9.76 Å². The molecule has 1 aliphatic heterocycles. The Bertz CT molecular complexity index is 1030. The quantitative estimate of drug-likeness (QED) is 0.304. The topological polar surface area (TPSA) is 50.7 Å². The minimum atomic E-state index is -3.09. The van der Waals surface area contributed by atoms with Gasteiger partial charge in [0, 0.05) is 27.6 Å². The summed E-state index contributed by atoms with van der Waals surface area (Å²) in [6.45, 7) is 1.90. The molecular weight excluding hydrogens is 387 g/mol. The van der Waals surface area contributed by atoms with Crippen molar-refractivity contribution in [3.8, 4) is 0 Å². The van der Waals surface area contributed by atoms with Crippen molar-refractivity contribution in [2.45, 2.75) is 6.92 Å². The fraction of sp³-hybridized carbons (Fsp3) is 0.0455. The van der Waals surface area contributed by atoms with Crippen LogP contribution in [0.2, 0.25) is 0 Å². The molecule has 3 aromatic rings. The van der Waals surface area contributed by atoms with Gasteiger partial charge in [0.2, 0.25) is 7.29 Å². The maximum atomic E-state index is 13.6. The summed E-state index contributed by atoms with van der Waals surface area (Å²) in [5.41, 5.74) is 2.52.